The average Bonchev–Trinajstić information content (AvgIpc) is 3.18. The number of tetrazole rings is 1. The number of allylic oxidation sites excluding steroid dienone is 1. The summed E-state index contributed by atoms with van der Waals surface area (Å²) < 4.78 is 38.3. The van der Waals surface area contributed by atoms with E-state index in [9.17, 15) is 13.2 Å². The van der Waals surface area contributed by atoms with Crippen molar-refractivity contribution in [3.8, 4) is 6.07 Å². The molecule has 0 saturated heterocycles. The number of halogens is 3. The lowest BCUT2D eigenvalue weighted by atomic mass is 10.2. The minimum Gasteiger partial charge on any atom is -0.360 e. The van der Waals surface area contributed by atoms with E-state index < -0.39 is 11.7 Å². The predicted octanol–water partition coefficient (Wildman–Crippen LogP) is 4.35. The summed E-state index contributed by atoms with van der Waals surface area (Å²) in [7, 11) is 0. The van der Waals surface area contributed by atoms with Crippen LogP contribution in [0.5, 0.6) is 0 Å². The van der Waals surface area contributed by atoms with Crippen molar-refractivity contribution < 1.29 is 13.2 Å². The molecule has 0 bridgehead atoms. The fourth-order valence-electron chi connectivity index (χ4n) is 2.07. The van der Waals surface area contributed by atoms with Crippen LogP contribution in [0.15, 0.2) is 64.5 Å². The van der Waals surface area contributed by atoms with Crippen molar-refractivity contribution in [2.24, 2.45) is 0 Å². The zero-order chi connectivity index (χ0) is 19.3. The summed E-state index contributed by atoms with van der Waals surface area (Å²) in [5.41, 5.74) is 0.215. The Kier molecular flexibility index (Phi) is 5.42. The van der Waals surface area contributed by atoms with Gasteiger partial charge in [-0.05, 0) is 47.7 Å². The van der Waals surface area contributed by atoms with E-state index in [-0.39, 0.29) is 11.4 Å². The van der Waals surface area contributed by atoms with Gasteiger partial charge in [-0.25, -0.2) is 0 Å². The first kappa shape index (κ1) is 18.5. The van der Waals surface area contributed by atoms with Crippen molar-refractivity contribution in [3.63, 3.8) is 0 Å². The second kappa shape index (κ2) is 7.92. The fraction of sp³-hybridized carbons (Fsp3) is 0.0588. The molecule has 27 heavy (non-hydrogen) atoms. The zero-order valence-electron chi connectivity index (χ0n) is 13.5. The van der Waals surface area contributed by atoms with Crippen molar-refractivity contribution in [2.75, 3.05) is 5.32 Å². The number of anilines is 1. The highest BCUT2D eigenvalue weighted by Gasteiger charge is 2.30. The summed E-state index contributed by atoms with van der Waals surface area (Å²) in [6.45, 7) is 0. The van der Waals surface area contributed by atoms with Gasteiger partial charge in [0.15, 0.2) is 0 Å². The lowest BCUT2D eigenvalue weighted by Crippen LogP contribution is -2.04. The predicted molar refractivity (Wildman–Crippen MR) is 93.4 cm³/mol. The maximum atomic E-state index is 12.8. The second-order valence-electron chi connectivity index (χ2n) is 5.20. The second-order valence-corrected chi connectivity index (χ2v) is 6.35. The Bertz CT molecular complexity index is 975. The molecule has 3 rings (SSSR count). The van der Waals surface area contributed by atoms with Crippen LogP contribution in [-0.2, 0) is 6.18 Å². The standard InChI is InChI=1S/C17H11F3N6S/c18-17(19,20)12-2-1-3-15(8-12)27-14-6-4-13(5-7-14)22-10-11(9-21)16-23-25-26-24-16/h1-8,10,22H,(H,23,24,25,26). The van der Waals surface area contributed by atoms with Crippen molar-refractivity contribution in [3.05, 3.63) is 66.1 Å². The largest absolute Gasteiger partial charge is 0.416 e. The molecule has 0 spiro atoms. The van der Waals surface area contributed by atoms with E-state index in [0.717, 1.165) is 17.0 Å². The van der Waals surface area contributed by atoms with Gasteiger partial charge in [0.05, 0.1) is 5.56 Å². The Morgan fingerprint density at radius 2 is 1.93 bits per heavy atom. The van der Waals surface area contributed by atoms with E-state index in [1.807, 2.05) is 6.07 Å². The molecule has 0 saturated carbocycles. The maximum Gasteiger partial charge on any atom is 0.416 e. The number of hydrogen-bond donors (Lipinski definition) is 2. The van der Waals surface area contributed by atoms with E-state index in [4.69, 9.17) is 5.26 Å². The van der Waals surface area contributed by atoms with Gasteiger partial charge >= 0.3 is 6.18 Å². The van der Waals surface area contributed by atoms with Crippen molar-refractivity contribution in [1.29, 1.82) is 5.26 Å². The molecular weight excluding hydrogens is 377 g/mol. The quantitative estimate of drug-likeness (QED) is 0.632. The van der Waals surface area contributed by atoms with Crippen LogP contribution in [-0.4, -0.2) is 20.6 Å². The number of H-pyrrole nitrogens is 1. The molecule has 1 aromatic heterocycles. The van der Waals surface area contributed by atoms with Crippen LogP contribution in [0.2, 0.25) is 0 Å². The first-order valence-corrected chi connectivity index (χ1v) is 8.33. The summed E-state index contributed by atoms with van der Waals surface area (Å²) in [5, 5.41) is 25.1. The number of benzene rings is 2. The summed E-state index contributed by atoms with van der Waals surface area (Å²) in [4.78, 5) is 1.27. The van der Waals surface area contributed by atoms with E-state index in [1.165, 1.54) is 24.0 Å². The third kappa shape index (κ3) is 4.86. The first-order valence-electron chi connectivity index (χ1n) is 7.51. The molecule has 2 N–H and O–H groups in total. The molecule has 0 fully saturated rings. The van der Waals surface area contributed by atoms with Crippen LogP contribution in [0, 0.1) is 11.3 Å². The highest BCUT2D eigenvalue weighted by atomic mass is 32.2. The van der Waals surface area contributed by atoms with Crippen LogP contribution >= 0.6 is 11.8 Å². The third-order valence-corrected chi connectivity index (χ3v) is 4.34. The van der Waals surface area contributed by atoms with Gasteiger partial charge in [-0.2, -0.15) is 23.6 Å². The molecule has 0 aliphatic carbocycles. The zero-order valence-corrected chi connectivity index (χ0v) is 14.3. The topological polar surface area (TPSA) is 90.3 Å². The van der Waals surface area contributed by atoms with Gasteiger partial charge in [-0.3, -0.25) is 0 Å². The molecule has 1 heterocycles. The van der Waals surface area contributed by atoms with Gasteiger partial charge in [0.1, 0.15) is 11.6 Å². The summed E-state index contributed by atoms with van der Waals surface area (Å²) >= 11 is 1.23. The van der Waals surface area contributed by atoms with Gasteiger partial charge in [-0.1, -0.05) is 17.8 Å². The molecule has 0 aliphatic rings. The van der Waals surface area contributed by atoms with Crippen molar-refractivity contribution >= 4 is 23.0 Å². The summed E-state index contributed by atoms with van der Waals surface area (Å²) in [6.07, 6.45) is -2.92. The molecule has 0 radical (unpaired) electrons. The Morgan fingerprint density at radius 3 is 2.56 bits per heavy atom. The van der Waals surface area contributed by atoms with Crippen LogP contribution in [0.3, 0.4) is 0 Å². The average molecular weight is 388 g/mol. The van der Waals surface area contributed by atoms with Crippen molar-refractivity contribution in [2.45, 2.75) is 16.0 Å². The minimum absolute atomic E-state index is 0.168. The Labute approximate surface area is 156 Å². The monoisotopic (exact) mass is 388 g/mol. The molecule has 0 amide bonds. The van der Waals surface area contributed by atoms with Crippen molar-refractivity contribution in [1.82, 2.24) is 20.6 Å². The van der Waals surface area contributed by atoms with E-state index in [1.54, 1.807) is 30.3 Å². The third-order valence-electron chi connectivity index (χ3n) is 3.34. The summed E-state index contributed by atoms with van der Waals surface area (Å²) in [5.74, 6) is 0.168. The molecule has 0 unspecified atom stereocenters. The molecule has 136 valence electrons. The van der Waals surface area contributed by atoms with Gasteiger partial charge in [-0.15, -0.1) is 10.2 Å². The number of alkyl halides is 3. The van der Waals surface area contributed by atoms with Crippen LogP contribution in [0.25, 0.3) is 5.57 Å². The maximum absolute atomic E-state index is 12.8. The molecule has 0 atom stereocenters. The van der Waals surface area contributed by atoms with Gasteiger partial charge in [0.2, 0.25) is 5.82 Å². The number of hydrogen-bond acceptors (Lipinski definition) is 6. The number of aromatic amines is 1. The lowest BCUT2D eigenvalue weighted by Gasteiger charge is -2.09. The first-order chi connectivity index (χ1) is 13.0. The van der Waals surface area contributed by atoms with Gasteiger partial charge < -0.3 is 5.32 Å². The summed E-state index contributed by atoms with van der Waals surface area (Å²) in [6, 6.07) is 14.1. The Morgan fingerprint density at radius 1 is 1.15 bits per heavy atom. The van der Waals surface area contributed by atoms with E-state index in [0.29, 0.717) is 10.6 Å². The smallest absolute Gasteiger partial charge is 0.360 e. The van der Waals surface area contributed by atoms with E-state index >= 15 is 0 Å². The SMILES string of the molecule is N#CC(=CNc1ccc(Sc2cccc(C(F)(F)F)c2)cc1)c1nn[nH]n1. The number of nitrogens with one attached hydrogen (secondary N) is 2. The van der Waals surface area contributed by atoms with E-state index in [2.05, 4.69) is 25.9 Å². The lowest BCUT2D eigenvalue weighted by molar-refractivity contribution is -0.137. The highest BCUT2D eigenvalue weighted by Crippen LogP contribution is 2.34. The molecule has 0 aliphatic heterocycles. The van der Waals surface area contributed by atoms with Crippen LogP contribution < -0.4 is 5.32 Å². The fourth-order valence-corrected chi connectivity index (χ4v) is 2.95. The number of rotatable bonds is 5. The molecule has 10 heteroatoms. The number of nitriles is 1. The molecular formula is C17H11F3N6S. The number of nitrogens with zero attached hydrogens (tertiary/aromatic N) is 4. The van der Waals surface area contributed by atoms with Gasteiger partial charge in [0, 0.05) is 21.7 Å². The highest BCUT2D eigenvalue weighted by molar-refractivity contribution is 7.99. The minimum atomic E-state index is -4.37. The Hall–Kier alpha value is -3.32. The Balaban J connectivity index is 1.68. The molecule has 3 aromatic rings. The van der Waals surface area contributed by atoms with Crippen LogP contribution in [0.1, 0.15) is 11.4 Å². The molecule has 2 aromatic carbocycles. The normalized spacial score (nSPS) is 11.9. The number of aromatic nitrogens is 4. The molecule has 6 nitrogen and oxygen atoms in total. The van der Waals surface area contributed by atoms with Gasteiger partial charge in [0.25, 0.3) is 0 Å². The van der Waals surface area contributed by atoms with Crippen LogP contribution in [0.4, 0.5) is 18.9 Å².